The van der Waals surface area contributed by atoms with Crippen LogP contribution in [0.15, 0.2) is 24.3 Å². The summed E-state index contributed by atoms with van der Waals surface area (Å²) in [6.45, 7) is 0. The lowest BCUT2D eigenvalue weighted by Crippen LogP contribution is -2.49. The predicted molar refractivity (Wildman–Crippen MR) is 79.6 cm³/mol. The van der Waals surface area contributed by atoms with E-state index in [9.17, 15) is 20.0 Å². The standard InChI is InChI=1S/C15H20N2O4/c1-16(12-7-3-4-8-13(12)17(20)21)15(11-14(18)19)9-5-2-6-10-15/h3-4,7-8H,2,5-6,9-11H2,1H3,(H,18,19). The normalized spacial score (nSPS) is 17.2. The molecule has 6 nitrogen and oxygen atoms in total. The van der Waals surface area contributed by atoms with Crippen LogP contribution in [0.5, 0.6) is 0 Å². The summed E-state index contributed by atoms with van der Waals surface area (Å²) in [6, 6.07) is 6.52. The van der Waals surface area contributed by atoms with E-state index in [1.54, 1.807) is 25.2 Å². The van der Waals surface area contributed by atoms with Gasteiger partial charge in [-0.25, -0.2) is 0 Å². The fraction of sp³-hybridized carbons (Fsp3) is 0.533. The number of nitro benzene ring substituents is 1. The summed E-state index contributed by atoms with van der Waals surface area (Å²) in [5.41, 5.74) is -0.0167. The molecule has 6 heteroatoms. The van der Waals surface area contributed by atoms with E-state index in [-0.39, 0.29) is 12.1 Å². The zero-order valence-electron chi connectivity index (χ0n) is 12.1. The molecule has 0 heterocycles. The predicted octanol–water partition coefficient (Wildman–Crippen LogP) is 3.21. The lowest BCUT2D eigenvalue weighted by atomic mass is 9.77. The molecule has 0 spiro atoms. The summed E-state index contributed by atoms with van der Waals surface area (Å²) in [7, 11) is 1.77. The number of hydrogen-bond acceptors (Lipinski definition) is 4. The first-order chi connectivity index (χ1) is 9.96. The maximum absolute atomic E-state index is 11.3. The number of carbonyl (C=O) groups is 1. The van der Waals surface area contributed by atoms with Crippen molar-refractivity contribution in [2.75, 3.05) is 11.9 Å². The second-order valence-electron chi connectivity index (χ2n) is 5.66. The number of para-hydroxylation sites is 2. The molecule has 1 aliphatic rings. The molecule has 0 amide bonds. The van der Waals surface area contributed by atoms with Gasteiger partial charge in [-0.05, 0) is 18.9 Å². The van der Waals surface area contributed by atoms with Gasteiger partial charge in [-0.3, -0.25) is 14.9 Å². The molecule has 21 heavy (non-hydrogen) atoms. The minimum Gasteiger partial charge on any atom is -0.481 e. The quantitative estimate of drug-likeness (QED) is 0.665. The van der Waals surface area contributed by atoms with E-state index in [2.05, 4.69) is 0 Å². The van der Waals surface area contributed by atoms with Crippen molar-refractivity contribution in [1.82, 2.24) is 0 Å². The van der Waals surface area contributed by atoms with Gasteiger partial charge in [0.15, 0.2) is 0 Å². The molecule has 1 N–H and O–H groups in total. The largest absolute Gasteiger partial charge is 0.481 e. The molecular weight excluding hydrogens is 272 g/mol. The van der Waals surface area contributed by atoms with Crippen LogP contribution in [0.4, 0.5) is 11.4 Å². The average molecular weight is 292 g/mol. The van der Waals surface area contributed by atoms with Gasteiger partial charge in [0, 0.05) is 13.1 Å². The first kappa shape index (κ1) is 15.3. The molecule has 0 atom stereocenters. The highest BCUT2D eigenvalue weighted by Crippen LogP contribution is 2.41. The highest BCUT2D eigenvalue weighted by Gasteiger charge is 2.40. The molecule has 0 aliphatic heterocycles. The van der Waals surface area contributed by atoms with Crippen LogP contribution in [0.3, 0.4) is 0 Å². The Bertz CT molecular complexity index is 538. The van der Waals surface area contributed by atoms with Crippen molar-refractivity contribution < 1.29 is 14.8 Å². The van der Waals surface area contributed by atoms with Crippen LogP contribution in [0.1, 0.15) is 38.5 Å². The molecule has 0 bridgehead atoms. The number of carboxylic acids is 1. The van der Waals surface area contributed by atoms with E-state index < -0.39 is 16.4 Å². The number of rotatable bonds is 5. The highest BCUT2D eigenvalue weighted by molar-refractivity contribution is 5.71. The van der Waals surface area contributed by atoms with Crippen LogP contribution in [0.25, 0.3) is 0 Å². The van der Waals surface area contributed by atoms with Crippen molar-refractivity contribution >= 4 is 17.3 Å². The number of carboxylic acid groups (broad SMARTS) is 1. The molecule has 2 rings (SSSR count). The Balaban J connectivity index is 2.40. The summed E-state index contributed by atoms with van der Waals surface area (Å²) in [4.78, 5) is 23.9. The molecule has 0 radical (unpaired) electrons. The minimum absolute atomic E-state index is 0.00947. The summed E-state index contributed by atoms with van der Waals surface area (Å²) in [5, 5.41) is 20.4. The number of nitro groups is 1. The smallest absolute Gasteiger partial charge is 0.305 e. The number of aliphatic carboxylic acids is 1. The SMILES string of the molecule is CN(c1ccccc1[N+](=O)[O-])C1(CC(=O)O)CCCCC1. The highest BCUT2D eigenvalue weighted by atomic mass is 16.6. The number of anilines is 1. The maximum Gasteiger partial charge on any atom is 0.305 e. The van der Waals surface area contributed by atoms with E-state index in [1.807, 2.05) is 4.90 Å². The van der Waals surface area contributed by atoms with Crippen molar-refractivity contribution in [1.29, 1.82) is 0 Å². The van der Waals surface area contributed by atoms with Gasteiger partial charge in [-0.15, -0.1) is 0 Å². The van der Waals surface area contributed by atoms with Gasteiger partial charge in [0.2, 0.25) is 0 Å². The number of nitrogens with zero attached hydrogens (tertiary/aromatic N) is 2. The van der Waals surface area contributed by atoms with Crippen molar-refractivity contribution in [3.8, 4) is 0 Å². The third kappa shape index (κ3) is 3.15. The summed E-state index contributed by atoms with van der Waals surface area (Å²) in [5.74, 6) is -0.859. The monoisotopic (exact) mass is 292 g/mol. The Morgan fingerprint density at radius 3 is 2.52 bits per heavy atom. The molecule has 1 aromatic rings. The van der Waals surface area contributed by atoms with Gasteiger partial charge < -0.3 is 10.0 Å². The molecule has 1 aromatic carbocycles. The minimum atomic E-state index is -0.859. The molecule has 0 unspecified atom stereocenters. The van der Waals surface area contributed by atoms with Crippen molar-refractivity contribution in [2.24, 2.45) is 0 Å². The molecular formula is C15H20N2O4. The van der Waals surface area contributed by atoms with Gasteiger partial charge in [-0.2, -0.15) is 0 Å². The molecule has 1 aliphatic carbocycles. The number of hydrogen-bond donors (Lipinski definition) is 1. The molecule has 1 saturated carbocycles. The second kappa shape index (κ2) is 6.11. The van der Waals surface area contributed by atoms with E-state index in [0.29, 0.717) is 5.69 Å². The Morgan fingerprint density at radius 1 is 1.33 bits per heavy atom. The van der Waals surface area contributed by atoms with Crippen molar-refractivity contribution in [3.63, 3.8) is 0 Å². The van der Waals surface area contributed by atoms with Gasteiger partial charge in [0.25, 0.3) is 5.69 Å². The van der Waals surface area contributed by atoms with E-state index in [4.69, 9.17) is 0 Å². The molecule has 0 aromatic heterocycles. The first-order valence-electron chi connectivity index (χ1n) is 7.15. The number of benzene rings is 1. The van der Waals surface area contributed by atoms with Crippen LogP contribution >= 0.6 is 0 Å². The van der Waals surface area contributed by atoms with E-state index in [0.717, 1.165) is 32.1 Å². The Hall–Kier alpha value is -2.11. The molecule has 0 saturated heterocycles. The molecule has 114 valence electrons. The lowest BCUT2D eigenvalue weighted by Gasteiger charge is -2.44. The average Bonchev–Trinajstić information content (AvgIpc) is 2.46. The van der Waals surface area contributed by atoms with Gasteiger partial charge in [0.1, 0.15) is 5.69 Å². The van der Waals surface area contributed by atoms with Crippen LogP contribution in [-0.2, 0) is 4.79 Å². The summed E-state index contributed by atoms with van der Waals surface area (Å²) >= 11 is 0. The Morgan fingerprint density at radius 2 is 1.95 bits per heavy atom. The summed E-state index contributed by atoms with van der Waals surface area (Å²) in [6.07, 6.45) is 4.52. The topological polar surface area (TPSA) is 83.7 Å². The van der Waals surface area contributed by atoms with E-state index in [1.165, 1.54) is 6.07 Å². The molecule has 1 fully saturated rings. The fourth-order valence-electron chi connectivity index (χ4n) is 3.28. The van der Waals surface area contributed by atoms with Crippen LogP contribution in [-0.4, -0.2) is 28.6 Å². The van der Waals surface area contributed by atoms with Crippen LogP contribution in [0.2, 0.25) is 0 Å². The van der Waals surface area contributed by atoms with Gasteiger partial charge in [0.05, 0.1) is 16.9 Å². The zero-order valence-corrected chi connectivity index (χ0v) is 12.1. The third-order valence-electron chi connectivity index (χ3n) is 4.42. The maximum atomic E-state index is 11.3. The van der Waals surface area contributed by atoms with Crippen LogP contribution < -0.4 is 4.90 Å². The summed E-state index contributed by atoms with van der Waals surface area (Å²) < 4.78 is 0. The van der Waals surface area contributed by atoms with Crippen molar-refractivity contribution in [2.45, 2.75) is 44.1 Å². The second-order valence-corrected chi connectivity index (χ2v) is 5.66. The van der Waals surface area contributed by atoms with Gasteiger partial charge >= 0.3 is 5.97 Å². The van der Waals surface area contributed by atoms with Gasteiger partial charge in [-0.1, -0.05) is 31.4 Å². The Kier molecular flexibility index (Phi) is 4.45. The Labute approximate surface area is 123 Å². The fourth-order valence-corrected chi connectivity index (χ4v) is 3.28. The van der Waals surface area contributed by atoms with Crippen LogP contribution in [0, 0.1) is 10.1 Å². The van der Waals surface area contributed by atoms with Crippen molar-refractivity contribution in [3.05, 3.63) is 34.4 Å². The first-order valence-corrected chi connectivity index (χ1v) is 7.15. The third-order valence-corrected chi connectivity index (χ3v) is 4.42. The van der Waals surface area contributed by atoms with E-state index >= 15 is 0 Å². The lowest BCUT2D eigenvalue weighted by molar-refractivity contribution is -0.384. The zero-order chi connectivity index (χ0) is 15.5.